The van der Waals surface area contributed by atoms with Gasteiger partial charge in [-0.3, -0.25) is 19.3 Å². The van der Waals surface area contributed by atoms with Gasteiger partial charge in [0.25, 0.3) is 5.91 Å². The van der Waals surface area contributed by atoms with Gasteiger partial charge in [-0.15, -0.1) is 0 Å². The standard InChI is InChI=1S/C26H29ClN4O3/c27-20-7-5-6-18(14-20)16-28-24(32)17-31-23-15-19(25(33)29-11-3-4-12-29)9-10-21(23)30-13-2-1-8-22(30)26(31)34/h5-7,9-10,14-15,22H,1-4,8,11-13,16-17H2,(H,28,32). The highest BCUT2D eigenvalue weighted by molar-refractivity contribution is 6.30. The zero-order valence-electron chi connectivity index (χ0n) is 19.1. The van der Waals surface area contributed by atoms with Gasteiger partial charge in [-0.25, -0.2) is 0 Å². The Morgan fingerprint density at radius 1 is 0.971 bits per heavy atom. The molecule has 3 heterocycles. The lowest BCUT2D eigenvalue weighted by atomic mass is 9.95. The number of piperidine rings is 1. The van der Waals surface area contributed by atoms with Crippen LogP contribution >= 0.6 is 11.6 Å². The lowest BCUT2D eigenvalue weighted by Crippen LogP contribution is -2.57. The summed E-state index contributed by atoms with van der Waals surface area (Å²) in [6.45, 7) is 2.57. The average Bonchev–Trinajstić information content (AvgIpc) is 3.40. The molecular weight excluding hydrogens is 452 g/mol. The van der Waals surface area contributed by atoms with Crippen molar-refractivity contribution < 1.29 is 14.4 Å². The average molecular weight is 481 g/mol. The van der Waals surface area contributed by atoms with Gasteiger partial charge >= 0.3 is 0 Å². The van der Waals surface area contributed by atoms with Crippen molar-refractivity contribution in [2.75, 3.05) is 36.0 Å². The molecule has 2 aromatic carbocycles. The highest BCUT2D eigenvalue weighted by Crippen LogP contribution is 2.40. The number of benzene rings is 2. The third-order valence-electron chi connectivity index (χ3n) is 6.95. The molecular formula is C26H29ClN4O3. The van der Waals surface area contributed by atoms with Crippen LogP contribution in [0.25, 0.3) is 0 Å². The first kappa shape index (κ1) is 22.7. The topological polar surface area (TPSA) is 73.0 Å². The Hall–Kier alpha value is -3.06. The molecule has 0 bridgehead atoms. The molecule has 178 valence electrons. The van der Waals surface area contributed by atoms with Gasteiger partial charge in [0.1, 0.15) is 12.6 Å². The number of carbonyl (C=O) groups is 3. The molecule has 8 heteroatoms. The monoisotopic (exact) mass is 480 g/mol. The number of nitrogens with zero attached hydrogens (tertiary/aromatic N) is 3. The maximum Gasteiger partial charge on any atom is 0.253 e. The van der Waals surface area contributed by atoms with E-state index < -0.39 is 0 Å². The van der Waals surface area contributed by atoms with E-state index in [4.69, 9.17) is 11.6 Å². The van der Waals surface area contributed by atoms with E-state index in [1.54, 1.807) is 23.1 Å². The normalized spacial score (nSPS) is 19.6. The molecule has 0 aromatic heterocycles. The van der Waals surface area contributed by atoms with Crippen molar-refractivity contribution in [2.24, 2.45) is 0 Å². The maximum atomic E-state index is 13.5. The largest absolute Gasteiger partial charge is 0.358 e. The number of likely N-dealkylation sites (tertiary alicyclic amines) is 1. The summed E-state index contributed by atoms with van der Waals surface area (Å²) in [5.41, 5.74) is 3.02. The first-order valence-corrected chi connectivity index (χ1v) is 12.4. The second kappa shape index (κ2) is 9.66. The van der Waals surface area contributed by atoms with Gasteiger partial charge in [0.05, 0.1) is 11.4 Å². The van der Waals surface area contributed by atoms with Crippen LogP contribution in [0.5, 0.6) is 0 Å². The van der Waals surface area contributed by atoms with Gasteiger partial charge < -0.3 is 15.1 Å². The van der Waals surface area contributed by atoms with Gasteiger partial charge in [-0.2, -0.15) is 0 Å². The lowest BCUT2D eigenvalue weighted by Gasteiger charge is -2.45. The molecule has 1 atom stereocenters. The molecule has 3 amide bonds. The highest BCUT2D eigenvalue weighted by Gasteiger charge is 2.40. The zero-order chi connectivity index (χ0) is 23.7. The second-order valence-electron chi connectivity index (χ2n) is 9.24. The molecule has 0 radical (unpaired) electrons. The van der Waals surface area contributed by atoms with Crippen molar-refractivity contribution in [3.63, 3.8) is 0 Å². The van der Waals surface area contributed by atoms with Crippen LogP contribution in [0.3, 0.4) is 0 Å². The van der Waals surface area contributed by atoms with Gasteiger partial charge in [0, 0.05) is 36.8 Å². The summed E-state index contributed by atoms with van der Waals surface area (Å²) >= 11 is 6.04. The van der Waals surface area contributed by atoms with E-state index in [1.165, 1.54) is 0 Å². The summed E-state index contributed by atoms with van der Waals surface area (Å²) in [6, 6.07) is 12.7. The molecule has 0 aliphatic carbocycles. The number of nitrogens with one attached hydrogen (secondary N) is 1. The van der Waals surface area contributed by atoms with Crippen LogP contribution in [0.2, 0.25) is 5.02 Å². The molecule has 5 rings (SSSR count). The fourth-order valence-corrected chi connectivity index (χ4v) is 5.42. The minimum atomic E-state index is -0.262. The van der Waals surface area contributed by atoms with Gasteiger partial charge in [-0.1, -0.05) is 23.7 Å². The van der Waals surface area contributed by atoms with Crippen LogP contribution in [-0.4, -0.2) is 54.8 Å². The number of fused-ring (bicyclic) bond motifs is 3. The predicted molar refractivity (Wildman–Crippen MR) is 132 cm³/mol. The third-order valence-corrected chi connectivity index (χ3v) is 7.19. The summed E-state index contributed by atoms with van der Waals surface area (Å²) in [5.74, 6) is -0.338. The van der Waals surface area contributed by atoms with Crippen molar-refractivity contribution in [2.45, 2.75) is 44.7 Å². The van der Waals surface area contributed by atoms with Gasteiger partial charge in [-0.05, 0) is 68.0 Å². The quantitative estimate of drug-likeness (QED) is 0.709. The first-order valence-electron chi connectivity index (χ1n) is 12.0. The van der Waals surface area contributed by atoms with E-state index >= 15 is 0 Å². The number of hydrogen-bond donors (Lipinski definition) is 1. The van der Waals surface area contributed by atoms with E-state index in [1.807, 2.05) is 29.2 Å². The van der Waals surface area contributed by atoms with E-state index in [-0.39, 0.29) is 30.3 Å². The number of rotatable bonds is 5. The number of anilines is 2. The molecule has 2 aromatic rings. The van der Waals surface area contributed by atoms with Crippen LogP contribution < -0.4 is 15.1 Å². The lowest BCUT2D eigenvalue weighted by molar-refractivity contribution is -0.125. The summed E-state index contributed by atoms with van der Waals surface area (Å²) < 4.78 is 0. The SMILES string of the molecule is O=C(CN1C(=O)C2CCCCN2c2ccc(C(=O)N3CCCC3)cc21)NCc1cccc(Cl)c1. The fourth-order valence-electron chi connectivity index (χ4n) is 5.20. The first-order chi connectivity index (χ1) is 16.5. The molecule has 0 saturated carbocycles. The zero-order valence-corrected chi connectivity index (χ0v) is 19.9. The van der Waals surface area contributed by atoms with Crippen LogP contribution in [0.1, 0.15) is 48.0 Å². The number of carbonyl (C=O) groups excluding carboxylic acids is 3. The van der Waals surface area contributed by atoms with E-state index in [9.17, 15) is 14.4 Å². The van der Waals surface area contributed by atoms with Gasteiger partial charge in [0.2, 0.25) is 11.8 Å². The minimum Gasteiger partial charge on any atom is -0.358 e. The number of amides is 3. The Morgan fingerprint density at radius 2 is 1.76 bits per heavy atom. The summed E-state index contributed by atoms with van der Waals surface area (Å²) in [7, 11) is 0. The van der Waals surface area contributed by atoms with Crippen molar-refractivity contribution in [3.8, 4) is 0 Å². The van der Waals surface area contributed by atoms with Crippen LogP contribution in [0.15, 0.2) is 42.5 Å². The third kappa shape index (κ3) is 4.49. The van der Waals surface area contributed by atoms with Crippen LogP contribution in [0, 0.1) is 0 Å². The molecule has 1 N–H and O–H groups in total. The Balaban J connectivity index is 1.40. The molecule has 2 saturated heterocycles. The highest BCUT2D eigenvalue weighted by atomic mass is 35.5. The minimum absolute atomic E-state index is 0.0149. The molecule has 2 fully saturated rings. The molecule has 34 heavy (non-hydrogen) atoms. The summed E-state index contributed by atoms with van der Waals surface area (Å²) in [4.78, 5) is 45.0. The summed E-state index contributed by atoms with van der Waals surface area (Å²) in [5, 5.41) is 3.51. The van der Waals surface area contributed by atoms with Crippen molar-refractivity contribution in [3.05, 3.63) is 58.6 Å². The Morgan fingerprint density at radius 3 is 2.56 bits per heavy atom. The van der Waals surface area contributed by atoms with Crippen molar-refractivity contribution in [1.82, 2.24) is 10.2 Å². The van der Waals surface area contributed by atoms with Crippen LogP contribution in [0.4, 0.5) is 11.4 Å². The van der Waals surface area contributed by atoms with E-state index in [0.29, 0.717) is 22.8 Å². The Kier molecular flexibility index (Phi) is 6.46. The number of halogens is 1. The van der Waals surface area contributed by atoms with Crippen molar-refractivity contribution >= 4 is 40.7 Å². The molecule has 0 spiro atoms. The van der Waals surface area contributed by atoms with Crippen LogP contribution in [-0.2, 0) is 16.1 Å². The Labute approximate surface area is 204 Å². The summed E-state index contributed by atoms with van der Waals surface area (Å²) in [6.07, 6.45) is 4.82. The predicted octanol–water partition coefficient (Wildman–Crippen LogP) is 3.60. The molecule has 3 aliphatic rings. The Bertz CT molecular complexity index is 1110. The molecule has 3 aliphatic heterocycles. The van der Waals surface area contributed by atoms with Crippen molar-refractivity contribution in [1.29, 1.82) is 0 Å². The fraction of sp³-hybridized carbons (Fsp3) is 0.423. The molecule has 1 unspecified atom stereocenters. The van der Waals surface area contributed by atoms with Gasteiger partial charge in [0.15, 0.2) is 0 Å². The second-order valence-corrected chi connectivity index (χ2v) is 9.68. The maximum absolute atomic E-state index is 13.5. The van der Waals surface area contributed by atoms with E-state index in [0.717, 1.165) is 63.0 Å². The smallest absolute Gasteiger partial charge is 0.253 e. The van der Waals surface area contributed by atoms with E-state index in [2.05, 4.69) is 10.2 Å². The molecule has 7 nitrogen and oxygen atoms in total. The number of hydrogen-bond acceptors (Lipinski definition) is 4.